The molecule has 9 heteroatoms. The number of hydrogen-bond acceptors (Lipinski definition) is 6. The van der Waals surface area contributed by atoms with Crippen LogP contribution in [0.4, 0.5) is 4.39 Å². The van der Waals surface area contributed by atoms with Crippen molar-refractivity contribution in [3.8, 4) is 5.88 Å². The number of fused-ring (bicyclic) bond motifs is 1. The molecule has 1 saturated carbocycles. The number of likely N-dealkylation sites (tertiary alicyclic amines) is 1. The molecular weight excluding hydrogens is 543 g/mol. The molecule has 0 unspecified atom stereocenters. The minimum absolute atomic E-state index is 0.0754. The van der Waals surface area contributed by atoms with Crippen molar-refractivity contribution in [3.05, 3.63) is 88.1 Å². The Balaban J connectivity index is 1.09. The highest BCUT2D eigenvalue weighted by atomic mass is 35.5. The van der Waals surface area contributed by atoms with Gasteiger partial charge >= 0.3 is 5.97 Å². The SMILES string of the molecule is COC(=O)c1ccc2cc(CN3CCC(Oc4cccc(Cc5ccc(Cl)cc5F)n4)CC3)n(CC3CCC3)c2n1. The minimum Gasteiger partial charge on any atom is -0.474 e. The molecule has 0 atom stereocenters. The van der Waals surface area contributed by atoms with Gasteiger partial charge in [0.25, 0.3) is 0 Å². The van der Waals surface area contributed by atoms with E-state index in [1.807, 2.05) is 24.3 Å². The number of carbonyl (C=O) groups excluding carboxylic acids is 1. The number of benzene rings is 1. The number of nitrogens with zero attached hydrogens (tertiary/aromatic N) is 4. The van der Waals surface area contributed by atoms with E-state index in [1.54, 1.807) is 18.2 Å². The lowest BCUT2D eigenvalue weighted by molar-refractivity contribution is 0.0594. The topological polar surface area (TPSA) is 69.5 Å². The van der Waals surface area contributed by atoms with Crippen LogP contribution in [0.15, 0.2) is 54.6 Å². The fraction of sp³-hybridized carbons (Fsp3) is 0.406. The summed E-state index contributed by atoms with van der Waals surface area (Å²) in [5, 5.41) is 1.43. The van der Waals surface area contributed by atoms with Gasteiger partial charge in [-0.15, -0.1) is 0 Å². The van der Waals surface area contributed by atoms with Gasteiger partial charge in [0, 0.05) is 60.5 Å². The Kier molecular flexibility index (Phi) is 8.21. The molecule has 0 bridgehead atoms. The second kappa shape index (κ2) is 12.2. The molecule has 4 heterocycles. The Labute approximate surface area is 244 Å². The average molecular weight is 577 g/mol. The Morgan fingerprint density at radius 1 is 1.05 bits per heavy atom. The third-order valence-electron chi connectivity index (χ3n) is 8.27. The molecule has 1 saturated heterocycles. The lowest BCUT2D eigenvalue weighted by Gasteiger charge is -2.33. The fourth-order valence-corrected chi connectivity index (χ4v) is 5.89. The maximum Gasteiger partial charge on any atom is 0.356 e. The van der Waals surface area contributed by atoms with Crippen LogP contribution >= 0.6 is 11.6 Å². The molecule has 1 aliphatic carbocycles. The molecule has 0 spiro atoms. The zero-order valence-corrected chi connectivity index (χ0v) is 23.9. The van der Waals surface area contributed by atoms with E-state index in [0.717, 1.165) is 55.7 Å². The normalized spacial score (nSPS) is 16.6. The van der Waals surface area contributed by atoms with Crippen LogP contribution in [0.25, 0.3) is 11.0 Å². The van der Waals surface area contributed by atoms with E-state index in [4.69, 9.17) is 21.1 Å². The van der Waals surface area contributed by atoms with E-state index in [-0.39, 0.29) is 11.9 Å². The lowest BCUT2D eigenvalue weighted by atomic mass is 9.85. The largest absolute Gasteiger partial charge is 0.474 e. The zero-order valence-electron chi connectivity index (χ0n) is 23.2. The van der Waals surface area contributed by atoms with Crippen molar-refractivity contribution < 1.29 is 18.7 Å². The van der Waals surface area contributed by atoms with E-state index in [1.165, 1.54) is 38.1 Å². The van der Waals surface area contributed by atoms with Crippen LogP contribution in [-0.2, 0) is 24.2 Å². The van der Waals surface area contributed by atoms with Crippen molar-refractivity contribution in [2.24, 2.45) is 5.92 Å². The van der Waals surface area contributed by atoms with Crippen molar-refractivity contribution in [2.75, 3.05) is 20.2 Å². The van der Waals surface area contributed by atoms with E-state index in [2.05, 4.69) is 25.5 Å². The first kappa shape index (κ1) is 27.7. The van der Waals surface area contributed by atoms with Gasteiger partial charge in [0.2, 0.25) is 5.88 Å². The van der Waals surface area contributed by atoms with E-state index in [0.29, 0.717) is 34.5 Å². The number of hydrogen-bond donors (Lipinski definition) is 0. The number of halogens is 2. The molecule has 2 aliphatic rings. The number of pyridine rings is 2. The number of ether oxygens (including phenoxy) is 2. The highest BCUT2D eigenvalue weighted by molar-refractivity contribution is 6.30. The Hall–Kier alpha value is -3.49. The second-order valence-electron chi connectivity index (χ2n) is 11.1. The van der Waals surface area contributed by atoms with Gasteiger partial charge in [0.1, 0.15) is 17.6 Å². The zero-order chi connectivity index (χ0) is 28.3. The Morgan fingerprint density at radius 2 is 1.88 bits per heavy atom. The summed E-state index contributed by atoms with van der Waals surface area (Å²) in [6.45, 7) is 3.57. The van der Waals surface area contributed by atoms with Crippen molar-refractivity contribution >= 4 is 28.6 Å². The predicted octanol–water partition coefficient (Wildman–Crippen LogP) is 6.44. The van der Waals surface area contributed by atoms with Crippen LogP contribution in [-0.4, -0.2) is 51.7 Å². The van der Waals surface area contributed by atoms with E-state index < -0.39 is 5.97 Å². The molecule has 4 aromatic rings. The first-order valence-corrected chi connectivity index (χ1v) is 14.7. The van der Waals surface area contributed by atoms with Crippen LogP contribution < -0.4 is 4.74 Å². The van der Waals surface area contributed by atoms with Crippen molar-refractivity contribution in [1.29, 1.82) is 0 Å². The monoisotopic (exact) mass is 576 g/mol. The third-order valence-corrected chi connectivity index (χ3v) is 8.50. The number of methoxy groups -OCH3 is 1. The molecule has 1 aromatic carbocycles. The fourth-order valence-electron chi connectivity index (χ4n) is 5.73. The number of rotatable bonds is 9. The number of carbonyl (C=O) groups is 1. The molecule has 7 nitrogen and oxygen atoms in total. The van der Waals surface area contributed by atoms with Gasteiger partial charge in [-0.05, 0) is 73.6 Å². The summed E-state index contributed by atoms with van der Waals surface area (Å²) in [5.41, 5.74) is 3.73. The first-order valence-electron chi connectivity index (χ1n) is 14.3. The van der Waals surface area contributed by atoms with Gasteiger partial charge in [-0.25, -0.2) is 19.2 Å². The summed E-state index contributed by atoms with van der Waals surface area (Å²) < 4.78 is 27.7. The number of aromatic nitrogens is 3. The maximum atomic E-state index is 14.3. The van der Waals surface area contributed by atoms with Crippen LogP contribution in [0.5, 0.6) is 5.88 Å². The number of piperidine rings is 1. The molecule has 214 valence electrons. The van der Waals surface area contributed by atoms with Gasteiger partial charge in [0.15, 0.2) is 5.69 Å². The van der Waals surface area contributed by atoms with Crippen molar-refractivity contribution in [3.63, 3.8) is 0 Å². The van der Waals surface area contributed by atoms with Crippen LogP contribution in [0.2, 0.25) is 5.02 Å². The molecule has 3 aromatic heterocycles. The lowest BCUT2D eigenvalue weighted by Crippen LogP contribution is -2.38. The average Bonchev–Trinajstić information content (AvgIpc) is 3.29. The molecule has 2 fully saturated rings. The van der Waals surface area contributed by atoms with E-state index in [9.17, 15) is 9.18 Å². The molecular formula is C32H34ClFN4O3. The summed E-state index contributed by atoms with van der Waals surface area (Å²) >= 11 is 5.89. The highest BCUT2D eigenvalue weighted by Crippen LogP contribution is 2.31. The van der Waals surface area contributed by atoms with Gasteiger partial charge in [-0.3, -0.25) is 4.90 Å². The Bertz CT molecular complexity index is 1550. The summed E-state index contributed by atoms with van der Waals surface area (Å²) in [7, 11) is 1.38. The summed E-state index contributed by atoms with van der Waals surface area (Å²) in [5.74, 6) is 0.489. The molecule has 1 aliphatic heterocycles. The van der Waals surface area contributed by atoms with Gasteiger partial charge in [-0.2, -0.15) is 0 Å². The quantitative estimate of drug-likeness (QED) is 0.213. The van der Waals surface area contributed by atoms with Gasteiger partial charge in [-0.1, -0.05) is 30.2 Å². The first-order chi connectivity index (χ1) is 19.9. The number of esters is 1. The third kappa shape index (κ3) is 6.39. The van der Waals surface area contributed by atoms with Crippen LogP contribution in [0.3, 0.4) is 0 Å². The molecule has 6 rings (SSSR count). The summed E-state index contributed by atoms with van der Waals surface area (Å²) in [6.07, 6.45) is 6.00. The molecule has 41 heavy (non-hydrogen) atoms. The van der Waals surface area contributed by atoms with Gasteiger partial charge in [0.05, 0.1) is 7.11 Å². The maximum absolute atomic E-state index is 14.3. The molecule has 0 amide bonds. The Morgan fingerprint density at radius 3 is 2.61 bits per heavy atom. The van der Waals surface area contributed by atoms with Crippen molar-refractivity contribution in [2.45, 2.75) is 57.7 Å². The van der Waals surface area contributed by atoms with Gasteiger partial charge < -0.3 is 14.0 Å². The summed E-state index contributed by atoms with van der Waals surface area (Å²) in [4.78, 5) is 23.9. The van der Waals surface area contributed by atoms with Crippen molar-refractivity contribution in [1.82, 2.24) is 19.4 Å². The highest BCUT2D eigenvalue weighted by Gasteiger charge is 2.25. The second-order valence-corrected chi connectivity index (χ2v) is 11.6. The standard InChI is InChI=1S/C32H34ClFN4O3/c1-40-32(39)29-11-9-23-17-26(38(31(23)36-29)19-21-4-2-5-21)20-37-14-12-27(13-15-37)41-30-7-3-6-25(35-30)16-22-8-10-24(33)18-28(22)34/h3,6-11,17-18,21,27H,2,4-5,12-16,19-20H2,1H3. The molecule has 0 N–H and O–H groups in total. The summed E-state index contributed by atoms with van der Waals surface area (Å²) in [6, 6.07) is 16.3. The van der Waals surface area contributed by atoms with Crippen LogP contribution in [0.1, 0.15) is 59.5 Å². The predicted molar refractivity (Wildman–Crippen MR) is 156 cm³/mol. The smallest absolute Gasteiger partial charge is 0.356 e. The minimum atomic E-state index is -0.413. The molecule has 0 radical (unpaired) electrons. The van der Waals surface area contributed by atoms with E-state index >= 15 is 0 Å². The van der Waals surface area contributed by atoms with Crippen LogP contribution in [0, 0.1) is 11.7 Å².